The Bertz CT molecular complexity index is 208. The summed E-state index contributed by atoms with van der Waals surface area (Å²) in [5.41, 5.74) is 1.29. The molecule has 0 heterocycles. The van der Waals surface area contributed by atoms with Crippen LogP contribution in [0.4, 0.5) is 0 Å². The van der Waals surface area contributed by atoms with Gasteiger partial charge in [-0.3, -0.25) is 4.79 Å². The van der Waals surface area contributed by atoms with Crippen LogP contribution in [0, 0.1) is 11.3 Å². The number of Topliss-reactive ketones (excluding diaryl/α,β-unsaturated/α-hetero) is 1. The lowest BCUT2D eigenvalue weighted by Crippen LogP contribution is -2.14. The van der Waals surface area contributed by atoms with E-state index in [4.69, 9.17) is 0 Å². The molecule has 0 aliphatic heterocycles. The molecule has 0 bridgehead atoms. The van der Waals surface area contributed by atoms with Crippen molar-refractivity contribution < 1.29 is 4.79 Å². The maximum Gasteiger partial charge on any atom is 0.137 e. The molecule has 1 nitrogen and oxygen atoms in total. The zero-order valence-electron chi connectivity index (χ0n) is 10.3. The highest BCUT2D eigenvalue weighted by Crippen LogP contribution is 2.26. The van der Waals surface area contributed by atoms with Crippen LogP contribution in [0.2, 0.25) is 0 Å². The van der Waals surface area contributed by atoms with Gasteiger partial charge in [-0.2, -0.15) is 0 Å². The number of allylic oxidation sites excluding steroid dienone is 1. The molecular weight excluding hydrogens is 172 g/mol. The van der Waals surface area contributed by atoms with Gasteiger partial charge in [0.2, 0.25) is 0 Å². The SMILES string of the molecule is C=C(C)CC(=O)CC(C)CC(C)(C)C. The van der Waals surface area contributed by atoms with Gasteiger partial charge in [0.1, 0.15) is 5.78 Å². The van der Waals surface area contributed by atoms with Crippen LogP contribution in [0.25, 0.3) is 0 Å². The molecule has 14 heavy (non-hydrogen) atoms. The van der Waals surface area contributed by atoms with Crippen LogP contribution in [0.3, 0.4) is 0 Å². The third-order valence-electron chi connectivity index (χ3n) is 2.04. The van der Waals surface area contributed by atoms with Gasteiger partial charge in [0.05, 0.1) is 0 Å². The van der Waals surface area contributed by atoms with Gasteiger partial charge in [0.25, 0.3) is 0 Å². The fourth-order valence-corrected chi connectivity index (χ4v) is 1.91. The minimum Gasteiger partial charge on any atom is -0.299 e. The summed E-state index contributed by atoms with van der Waals surface area (Å²) in [5.74, 6) is 0.816. The number of hydrogen-bond donors (Lipinski definition) is 0. The maximum absolute atomic E-state index is 11.5. The molecule has 0 aliphatic rings. The third kappa shape index (κ3) is 8.03. The van der Waals surface area contributed by atoms with Crippen molar-refractivity contribution in [2.45, 2.75) is 53.9 Å². The molecule has 0 N–H and O–H groups in total. The van der Waals surface area contributed by atoms with E-state index in [1.54, 1.807) is 0 Å². The molecule has 0 saturated heterocycles. The first-order chi connectivity index (χ1) is 6.20. The van der Waals surface area contributed by atoms with Crippen LogP contribution in [-0.4, -0.2) is 5.78 Å². The van der Waals surface area contributed by atoms with E-state index in [1.165, 1.54) is 0 Å². The van der Waals surface area contributed by atoms with Gasteiger partial charge < -0.3 is 0 Å². The molecule has 82 valence electrons. The second kappa shape index (κ2) is 5.33. The van der Waals surface area contributed by atoms with E-state index in [0.29, 0.717) is 30.0 Å². The first kappa shape index (κ1) is 13.4. The number of carbonyl (C=O) groups is 1. The highest BCUT2D eigenvalue weighted by atomic mass is 16.1. The van der Waals surface area contributed by atoms with E-state index in [2.05, 4.69) is 34.3 Å². The summed E-state index contributed by atoms with van der Waals surface area (Å²) in [6.07, 6.45) is 2.35. The number of ketones is 1. The van der Waals surface area contributed by atoms with Crippen LogP contribution in [0.15, 0.2) is 12.2 Å². The Hall–Kier alpha value is -0.590. The fraction of sp³-hybridized carbons (Fsp3) is 0.769. The highest BCUT2D eigenvalue weighted by molar-refractivity contribution is 5.80. The molecule has 0 amide bonds. The van der Waals surface area contributed by atoms with Gasteiger partial charge in [-0.15, -0.1) is 0 Å². The molecule has 0 rings (SSSR count). The van der Waals surface area contributed by atoms with Crippen molar-refractivity contribution in [3.8, 4) is 0 Å². The third-order valence-corrected chi connectivity index (χ3v) is 2.04. The Balaban J connectivity index is 3.89. The van der Waals surface area contributed by atoms with Gasteiger partial charge in [-0.1, -0.05) is 39.8 Å². The van der Waals surface area contributed by atoms with E-state index < -0.39 is 0 Å². The van der Waals surface area contributed by atoms with Gasteiger partial charge in [-0.25, -0.2) is 0 Å². The van der Waals surface area contributed by atoms with Gasteiger partial charge in [-0.05, 0) is 24.7 Å². The predicted molar refractivity (Wildman–Crippen MR) is 62.3 cm³/mol. The molecule has 0 aromatic carbocycles. The monoisotopic (exact) mass is 196 g/mol. The zero-order chi connectivity index (χ0) is 11.4. The molecule has 0 fully saturated rings. The maximum atomic E-state index is 11.5. The van der Waals surface area contributed by atoms with Crippen molar-refractivity contribution in [2.24, 2.45) is 11.3 Å². The zero-order valence-corrected chi connectivity index (χ0v) is 10.3. The van der Waals surface area contributed by atoms with Crippen molar-refractivity contribution in [2.75, 3.05) is 0 Å². The normalized spacial score (nSPS) is 13.8. The number of rotatable bonds is 5. The summed E-state index contributed by atoms with van der Waals surface area (Å²) in [7, 11) is 0. The summed E-state index contributed by atoms with van der Waals surface area (Å²) in [4.78, 5) is 11.5. The number of hydrogen-bond acceptors (Lipinski definition) is 1. The lowest BCUT2D eigenvalue weighted by molar-refractivity contribution is -0.119. The second-order valence-electron chi connectivity index (χ2n) is 5.75. The molecule has 0 radical (unpaired) electrons. The summed E-state index contributed by atoms with van der Waals surface area (Å²) in [5, 5.41) is 0. The summed E-state index contributed by atoms with van der Waals surface area (Å²) in [6.45, 7) is 14.5. The average molecular weight is 196 g/mol. The Morgan fingerprint density at radius 2 is 1.86 bits per heavy atom. The molecule has 0 aliphatic carbocycles. The first-order valence-corrected chi connectivity index (χ1v) is 5.37. The predicted octanol–water partition coefficient (Wildman–Crippen LogP) is 3.98. The first-order valence-electron chi connectivity index (χ1n) is 5.37. The molecule has 1 atom stereocenters. The molecule has 0 spiro atoms. The molecule has 0 aromatic heterocycles. The highest BCUT2D eigenvalue weighted by Gasteiger charge is 2.17. The molecule has 1 heteroatoms. The van der Waals surface area contributed by atoms with Crippen LogP contribution < -0.4 is 0 Å². The standard InChI is InChI=1S/C13H24O/c1-10(2)7-12(14)8-11(3)9-13(4,5)6/h11H,1,7-9H2,2-6H3. The lowest BCUT2D eigenvalue weighted by atomic mass is 9.83. The van der Waals surface area contributed by atoms with E-state index in [1.807, 2.05) is 6.92 Å². The quantitative estimate of drug-likeness (QED) is 0.608. The van der Waals surface area contributed by atoms with Crippen molar-refractivity contribution in [1.29, 1.82) is 0 Å². The molecule has 1 unspecified atom stereocenters. The lowest BCUT2D eigenvalue weighted by Gasteiger charge is -2.22. The largest absolute Gasteiger partial charge is 0.299 e. The Morgan fingerprint density at radius 3 is 2.21 bits per heavy atom. The van der Waals surface area contributed by atoms with Crippen LogP contribution >= 0.6 is 0 Å². The van der Waals surface area contributed by atoms with E-state index in [9.17, 15) is 4.79 Å². The van der Waals surface area contributed by atoms with Crippen LogP contribution in [0.1, 0.15) is 53.9 Å². The van der Waals surface area contributed by atoms with Crippen molar-refractivity contribution >= 4 is 5.78 Å². The van der Waals surface area contributed by atoms with Gasteiger partial charge in [0.15, 0.2) is 0 Å². The Labute approximate surface area is 88.6 Å². The minimum absolute atomic E-state index is 0.322. The fourth-order valence-electron chi connectivity index (χ4n) is 1.91. The summed E-state index contributed by atoms with van der Waals surface area (Å²) >= 11 is 0. The average Bonchev–Trinajstić information content (AvgIpc) is 1.77. The minimum atomic E-state index is 0.322. The topological polar surface area (TPSA) is 17.1 Å². The second-order valence-corrected chi connectivity index (χ2v) is 5.75. The Kier molecular flexibility index (Phi) is 5.11. The smallest absolute Gasteiger partial charge is 0.137 e. The van der Waals surface area contributed by atoms with Gasteiger partial charge in [0, 0.05) is 12.8 Å². The number of carbonyl (C=O) groups excluding carboxylic acids is 1. The Morgan fingerprint density at radius 1 is 1.36 bits per heavy atom. The van der Waals surface area contributed by atoms with Crippen LogP contribution in [0.5, 0.6) is 0 Å². The van der Waals surface area contributed by atoms with Crippen molar-refractivity contribution in [1.82, 2.24) is 0 Å². The molecular formula is C13H24O. The van der Waals surface area contributed by atoms with E-state index >= 15 is 0 Å². The van der Waals surface area contributed by atoms with Crippen molar-refractivity contribution in [3.05, 3.63) is 12.2 Å². The van der Waals surface area contributed by atoms with E-state index in [-0.39, 0.29) is 0 Å². The van der Waals surface area contributed by atoms with Crippen molar-refractivity contribution in [3.63, 3.8) is 0 Å². The molecule has 0 aromatic rings. The van der Waals surface area contributed by atoms with Crippen LogP contribution in [-0.2, 0) is 4.79 Å². The molecule has 0 saturated carbocycles. The van der Waals surface area contributed by atoms with E-state index in [0.717, 1.165) is 12.0 Å². The van der Waals surface area contributed by atoms with Gasteiger partial charge >= 0.3 is 0 Å². The summed E-state index contributed by atoms with van der Waals surface area (Å²) in [6, 6.07) is 0. The summed E-state index contributed by atoms with van der Waals surface area (Å²) < 4.78 is 0.